The van der Waals surface area contributed by atoms with E-state index in [2.05, 4.69) is 65.8 Å². The van der Waals surface area contributed by atoms with Crippen LogP contribution in [0.2, 0.25) is 17.6 Å². The summed E-state index contributed by atoms with van der Waals surface area (Å²) in [6.45, 7) is 14.3. The van der Waals surface area contributed by atoms with Crippen LogP contribution in [-0.4, -0.2) is 16.6 Å². The Bertz CT molecular complexity index is 343. The molecular formula is C16H28Si2. The first-order valence-electron chi connectivity index (χ1n) is 7.30. The van der Waals surface area contributed by atoms with Crippen LogP contribution in [0.25, 0.3) is 0 Å². The van der Waals surface area contributed by atoms with Crippen LogP contribution < -0.4 is 5.19 Å². The fraction of sp³-hybridized carbons (Fsp3) is 0.625. The predicted octanol–water partition coefficient (Wildman–Crippen LogP) is 4.36. The molecule has 0 N–H and O–H groups in total. The van der Waals surface area contributed by atoms with E-state index in [4.69, 9.17) is 0 Å². The van der Waals surface area contributed by atoms with E-state index in [1.165, 1.54) is 17.7 Å². The van der Waals surface area contributed by atoms with Crippen LogP contribution in [-0.2, 0) is 0 Å². The highest BCUT2D eigenvalue weighted by molar-refractivity contribution is 7.28. The Morgan fingerprint density at radius 1 is 0.944 bits per heavy atom. The molecule has 0 fully saturated rings. The van der Waals surface area contributed by atoms with Crippen LogP contribution in [0.5, 0.6) is 0 Å². The van der Waals surface area contributed by atoms with Gasteiger partial charge in [-0.15, -0.1) is 0 Å². The number of aryl methyl sites for hydroxylation is 1. The van der Waals surface area contributed by atoms with Gasteiger partial charge in [-0.3, -0.25) is 0 Å². The van der Waals surface area contributed by atoms with E-state index in [0.29, 0.717) is 0 Å². The van der Waals surface area contributed by atoms with Crippen LogP contribution in [0, 0.1) is 12.8 Å². The van der Waals surface area contributed by atoms with Gasteiger partial charge in [-0.2, -0.15) is 0 Å². The molecule has 2 heteroatoms. The summed E-state index contributed by atoms with van der Waals surface area (Å²) in [6, 6.07) is 12.2. The van der Waals surface area contributed by atoms with Gasteiger partial charge in [0.15, 0.2) is 0 Å². The first-order valence-corrected chi connectivity index (χ1v) is 11.8. The molecule has 1 atom stereocenters. The Morgan fingerprint density at radius 3 is 1.89 bits per heavy atom. The summed E-state index contributed by atoms with van der Waals surface area (Å²) in [7, 11) is -0.523. The predicted molar refractivity (Wildman–Crippen MR) is 87.5 cm³/mol. The first-order chi connectivity index (χ1) is 8.51. The van der Waals surface area contributed by atoms with Gasteiger partial charge in [-0.05, 0) is 18.4 Å². The van der Waals surface area contributed by atoms with Gasteiger partial charge in [0.05, 0.1) is 8.31 Å². The fourth-order valence-corrected chi connectivity index (χ4v) is 13.7. The molecule has 0 aliphatic carbocycles. The molecule has 0 saturated carbocycles. The quantitative estimate of drug-likeness (QED) is 0.677. The topological polar surface area (TPSA) is 0 Å². The van der Waals surface area contributed by atoms with Gasteiger partial charge in [0.2, 0.25) is 0 Å². The molecule has 0 saturated heterocycles. The zero-order valence-corrected chi connectivity index (χ0v) is 14.9. The van der Waals surface area contributed by atoms with E-state index in [1.54, 1.807) is 5.19 Å². The second kappa shape index (κ2) is 7.29. The van der Waals surface area contributed by atoms with Gasteiger partial charge < -0.3 is 0 Å². The van der Waals surface area contributed by atoms with Crippen LogP contribution in [0.4, 0.5) is 0 Å². The lowest BCUT2D eigenvalue weighted by Crippen LogP contribution is -2.47. The lowest BCUT2D eigenvalue weighted by Gasteiger charge is -2.30. The summed E-state index contributed by atoms with van der Waals surface area (Å²) in [5, 5.41) is 1.68. The van der Waals surface area contributed by atoms with Crippen LogP contribution in [0.1, 0.15) is 40.2 Å². The van der Waals surface area contributed by atoms with Crippen LogP contribution in [0.15, 0.2) is 24.3 Å². The van der Waals surface area contributed by atoms with Crippen molar-refractivity contribution in [3.05, 3.63) is 29.8 Å². The minimum absolute atomic E-state index is 0.214. The minimum Gasteiger partial charge on any atom is -0.0682 e. The lowest BCUT2D eigenvalue weighted by molar-refractivity contribution is 0.615. The van der Waals surface area contributed by atoms with Crippen molar-refractivity contribution in [3.8, 4) is 0 Å². The van der Waals surface area contributed by atoms with E-state index >= 15 is 0 Å². The maximum Gasteiger partial charge on any atom is 0.0748 e. The van der Waals surface area contributed by atoms with Gasteiger partial charge >= 0.3 is 0 Å². The molecule has 0 aliphatic rings. The second-order valence-corrected chi connectivity index (χ2v) is 14.3. The van der Waals surface area contributed by atoms with Gasteiger partial charge in [-0.1, -0.05) is 81.7 Å². The monoisotopic (exact) mass is 276 g/mol. The molecule has 0 aliphatic heterocycles. The summed E-state index contributed by atoms with van der Waals surface area (Å²) in [5.74, 6) is 0.843. The molecule has 18 heavy (non-hydrogen) atoms. The molecular weight excluding hydrogens is 248 g/mol. The average Bonchev–Trinajstić information content (AvgIpc) is 2.36. The Balaban J connectivity index is 2.96. The Hall–Kier alpha value is -0.346. The third kappa shape index (κ3) is 3.82. The molecule has 0 nitrogen and oxygen atoms in total. The van der Waals surface area contributed by atoms with Crippen molar-refractivity contribution >= 4 is 21.8 Å². The van der Waals surface area contributed by atoms with Gasteiger partial charge in [0, 0.05) is 8.31 Å². The number of benzene rings is 1. The molecule has 1 rings (SSSR count). The molecule has 0 amide bonds. The number of hydrogen-bond acceptors (Lipinski definition) is 0. The number of rotatable bonds is 6. The van der Waals surface area contributed by atoms with Crippen molar-refractivity contribution in [1.29, 1.82) is 0 Å². The van der Waals surface area contributed by atoms with Crippen LogP contribution >= 0.6 is 0 Å². The highest BCUT2D eigenvalue weighted by Gasteiger charge is 2.30. The SMILES string of the molecule is CC[Si](c1ccc(C)cc1)[Si](CC)C(C)C(C)C. The maximum absolute atomic E-state index is 2.50. The molecule has 2 radical (unpaired) electrons. The average molecular weight is 277 g/mol. The summed E-state index contributed by atoms with van der Waals surface area (Å²) in [6.07, 6.45) is 0. The molecule has 1 aromatic carbocycles. The van der Waals surface area contributed by atoms with Crippen molar-refractivity contribution in [1.82, 2.24) is 0 Å². The van der Waals surface area contributed by atoms with E-state index in [1.807, 2.05) is 0 Å². The second-order valence-electron chi connectivity index (χ2n) is 5.61. The molecule has 0 spiro atoms. The molecule has 0 aromatic heterocycles. The molecule has 100 valence electrons. The zero-order valence-electron chi connectivity index (χ0n) is 12.9. The Morgan fingerprint density at radius 2 is 1.50 bits per heavy atom. The van der Waals surface area contributed by atoms with E-state index in [-0.39, 0.29) is 16.6 Å². The third-order valence-corrected chi connectivity index (χ3v) is 15.8. The van der Waals surface area contributed by atoms with Gasteiger partial charge in [0.1, 0.15) is 0 Å². The van der Waals surface area contributed by atoms with Crippen LogP contribution in [0.3, 0.4) is 0 Å². The molecule has 1 unspecified atom stereocenters. The van der Waals surface area contributed by atoms with E-state index < -0.39 is 0 Å². The lowest BCUT2D eigenvalue weighted by atomic mass is 10.1. The minimum atomic E-state index is -0.309. The Kier molecular flexibility index (Phi) is 6.37. The molecule has 0 heterocycles. The summed E-state index contributed by atoms with van der Waals surface area (Å²) < 4.78 is 0. The highest BCUT2D eigenvalue weighted by Crippen LogP contribution is 2.25. The summed E-state index contributed by atoms with van der Waals surface area (Å²) >= 11 is 0. The van der Waals surface area contributed by atoms with Crippen molar-refractivity contribution in [2.75, 3.05) is 0 Å². The highest BCUT2D eigenvalue weighted by atomic mass is 29.2. The van der Waals surface area contributed by atoms with Crippen molar-refractivity contribution < 1.29 is 0 Å². The largest absolute Gasteiger partial charge is 0.0748 e. The van der Waals surface area contributed by atoms with Crippen molar-refractivity contribution in [2.24, 2.45) is 5.92 Å². The number of hydrogen-bond donors (Lipinski definition) is 0. The van der Waals surface area contributed by atoms with E-state index in [9.17, 15) is 0 Å². The molecule has 1 aromatic rings. The van der Waals surface area contributed by atoms with E-state index in [0.717, 1.165) is 11.5 Å². The molecule has 0 bridgehead atoms. The third-order valence-electron chi connectivity index (χ3n) is 4.07. The van der Waals surface area contributed by atoms with Gasteiger partial charge in [-0.25, -0.2) is 0 Å². The smallest absolute Gasteiger partial charge is 0.0682 e. The fourth-order valence-electron chi connectivity index (χ4n) is 2.58. The van der Waals surface area contributed by atoms with Crippen molar-refractivity contribution in [2.45, 2.75) is 59.2 Å². The maximum atomic E-state index is 2.50. The summed E-state index contributed by atoms with van der Waals surface area (Å²) in [5.41, 5.74) is 2.33. The van der Waals surface area contributed by atoms with Gasteiger partial charge in [0.25, 0.3) is 0 Å². The standard InChI is InChI=1S/C16H28Si2/c1-7-17(15(6)13(3)4)18(8-2)16-11-9-14(5)10-12-16/h9-13,15H,7-8H2,1-6H3. The summed E-state index contributed by atoms with van der Waals surface area (Å²) in [4.78, 5) is 0. The zero-order chi connectivity index (χ0) is 13.7. The normalized spacial score (nSPS) is 13.6. The van der Waals surface area contributed by atoms with Crippen molar-refractivity contribution in [3.63, 3.8) is 0 Å². The first kappa shape index (κ1) is 15.7. The Labute approximate surface area is 117 Å².